The summed E-state index contributed by atoms with van der Waals surface area (Å²) in [5.41, 5.74) is 3.06. The van der Waals surface area contributed by atoms with Crippen LogP contribution in [0.3, 0.4) is 0 Å². The molecule has 7 heteroatoms. The van der Waals surface area contributed by atoms with Crippen LogP contribution in [0.4, 0.5) is 0 Å². The molecule has 0 saturated heterocycles. The molecule has 2 aromatic carbocycles. The predicted molar refractivity (Wildman–Crippen MR) is 102 cm³/mol. The number of rotatable bonds is 2. The first kappa shape index (κ1) is 17.9. The second-order valence-electron chi connectivity index (χ2n) is 6.33. The van der Waals surface area contributed by atoms with E-state index < -0.39 is 5.97 Å². The Morgan fingerprint density at radius 3 is 2.78 bits per heavy atom. The number of esters is 1. The van der Waals surface area contributed by atoms with Crippen LogP contribution in [-0.2, 0) is 17.7 Å². The van der Waals surface area contributed by atoms with E-state index in [1.165, 1.54) is 7.11 Å². The van der Waals surface area contributed by atoms with Crippen molar-refractivity contribution in [3.63, 3.8) is 0 Å². The molecule has 0 fully saturated rings. The highest BCUT2D eigenvalue weighted by Crippen LogP contribution is 2.35. The average Bonchev–Trinajstić information content (AvgIpc) is 3.14. The van der Waals surface area contributed by atoms with E-state index in [9.17, 15) is 9.59 Å². The molecule has 5 nitrogen and oxygen atoms in total. The summed E-state index contributed by atoms with van der Waals surface area (Å²) < 4.78 is 10.1. The van der Waals surface area contributed by atoms with E-state index in [0.717, 1.165) is 16.5 Å². The molecule has 0 spiro atoms. The Morgan fingerprint density at radius 1 is 1.19 bits per heavy atom. The number of carbonyl (C=O) groups excluding carboxylic acids is 2. The number of amides is 1. The lowest BCUT2D eigenvalue weighted by Gasteiger charge is -2.30. The first-order valence-corrected chi connectivity index (χ1v) is 9.09. The highest BCUT2D eigenvalue weighted by molar-refractivity contribution is 6.40. The molecule has 0 saturated carbocycles. The Balaban J connectivity index is 1.64. The molecule has 1 aliphatic heterocycles. The van der Waals surface area contributed by atoms with Crippen molar-refractivity contribution in [1.29, 1.82) is 0 Å². The number of ether oxygens (including phenoxy) is 1. The topological polar surface area (TPSA) is 59.8 Å². The van der Waals surface area contributed by atoms with Crippen molar-refractivity contribution in [2.75, 3.05) is 13.7 Å². The summed E-state index contributed by atoms with van der Waals surface area (Å²) in [5.74, 6) is -0.665. The lowest BCUT2D eigenvalue weighted by Crippen LogP contribution is -2.36. The number of hydrogen-bond donors (Lipinski definition) is 0. The number of hydrogen-bond acceptors (Lipinski definition) is 4. The molecule has 27 heavy (non-hydrogen) atoms. The van der Waals surface area contributed by atoms with Gasteiger partial charge in [0, 0.05) is 24.0 Å². The van der Waals surface area contributed by atoms with Crippen LogP contribution >= 0.6 is 23.2 Å². The summed E-state index contributed by atoms with van der Waals surface area (Å²) in [6.07, 6.45) is 2.13. The van der Waals surface area contributed by atoms with Gasteiger partial charge in [-0.1, -0.05) is 29.3 Å². The summed E-state index contributed by atoms with van der Waals surface area (Å²) in [4.78, 5) is 26.6. The molecule has 0 bridgehead atoms. The van der Waals surface area contributed by atoms with Crippen LogP contribution in [0.2, 0.25) is 10.0 Å². The average molecular weight is 404 g/mol. The maximum absolute atomic E-state index is 12.9. The van der Waals surface area contributed by atoms with Crippen molar-refractivity contribution >= 4 is 46.0 Å². The highest BCUT2D eigenvalue weighted by atomic mass is 35.5. The van der Waals surface area contributed by atoms with Crippen molar-refractivity contribution < 1.29 is 18.7 Å². The van der Waals surface area contributed by atoms with Gasteiger partial charge in [-0.15, -0.1) is 0 Å². The van der Waals surface area contributed by atoms with Crippen LogP contribution < -0.4 is 0 Å². The molecule has 1 amide bonds. The monoisotopic (exact) mass is 403 g/mol. The lowest BCUT2D eigenvalue weighted by atomic mass is 9.96. The number of methoxy groups -OCH3 is 1. The molecule has 1 aromatic heterocycles. The van der Waals surface area contributed by atoms with Gasteiger partial charge < -0.3 is 14.1 Å². The van der Waals surface area contributed by atoms with E-state index >= 15 is 0 Å². The molecule has 0 radical (unpaired) electrons. The summed E-state index contributed by atoms with van der Waals surface area (Å²) in [5, 5.41) is 1.47. The molecule has 0 atom stereocenters. The minimum absolute atomic E-state index is 0.0942. The number of carbonyl (C=O) groups is 2. The zero-order chi connectivity index (χ0) is 19.1. The van der Waals surface area contributed by atoms with Crippen molar-refractivity contribution in [1.82, 2.24) is 4.90 Å². The molecule has 0 unspecified atom stereocenters. The standard InChI is InChI=1S/C20H15Cl2NO4/c1-26-20(25)17-15(21)8-13-10-23(6-4-14(13)18(17)22)19(24)12-3-2-11-5-7-27-16(11)9-12/h2-3,5,7-9H,4,6,10H2,1H3. The van der Waals surface area contributed by atoms with Gasteiger partial charge in [-0.2, -0.15) is 0 Å². The minimum atomic E-state index is -0.571. The zero-order valence-electron chi connectivity index (χ0n) is 14.4. The molecule has 4 rings (SSSR count). The van der Waals surface area contributed by atoms with Crippen molar-refractivity contribution in [3.8, 4) is 0 Å². The Labute approximate surface area is 165 Å². The molecule has 1 aliphatic rings. The first-order chi connectivity index (χ1) is 13.0. The second-order valence-corrected chi connectivity index (χ2v) is 7.11. The van der Waals surface area contributed by atoms with E-state index in [0.29, 0.717) is 35.7 Å². The van der Waals surface area contributed by atoms with Gasteiger partial charge in [-0.25, -0.2) is 4.79 Å². The van der Waals surface area contributed by atoms with Crippen molar-refractivity contribution in [2.24, 2.45) is 0 Å². The fourth-order valence-electron chi connectivity index (χ4n) is 3.38. The summed E-state index contributed by atoms with van der Waals surface area (Å²) >= 11 is 12.6. The third-order valence-corrected chi connectivity index (χ3v) is 5.50. The van der Waals surface area contributed by atoms with Crippen LogP contribution in [0.25, 0.3) is 11.0 Å². The summed E-state index contributed by atoms with van der Waals surface area (Å²) in [7, 11) is 1.28. The number of furan rings is 1. The van der Waals surface area contributed by atoms with Crippen LogP contribution in [0, 0.1) is 0 Å². The maximum Gasteiger partial charge on any atom is 0.340 e. The predicted octanol–water partition coefficient (Wildman–Crippen LogP) is 4.72. The van der Waals surface area contributed by atoms with E-state index in [1.807, 2.05) is 12.1 Å². The van der Waals surface area contributed by atoms with Crippen LogP contribution in [0.1, 0.15) is 31.8 Å². The van der Waals surface area contributed by atoms with Crippen LogP contribution in [-0.4, -0.2) is 30.4 Å². The normalized spacial score (nSPS) is 13.5. The van der Waals surface area contributed by atoms with Gasteiger partial charge in [0.2, 0.25) is 0 Å². The van der Waals surface area contributed by atoms with Crippen molar-refractivity contribution in [3.05, 3.63) is 68.9 Å². The Bertz CT molecular complexity index is 1070. The van der Waals surface area contributed by atoms with Gasteiger partial charge in [0.1, 0.15) is 5.58 Å². The van der Waals surface area contributed by atoms with Gasteiger partial charge in [-0.05, 0) is 41.8 Å². The van der Waals surface area contributed by atoms with Gasteiger partial charge in [0.25, 0.3) is 5.91 Å². The molecule has 3 aromatic rings. The molecular weight excluding hydrogens is 389 g/mol. The fourth-order valence-corrected chi connectivity index (χ4v) is 4.13. The van der Waals surface area contributed by atoms with E-state index in [4.69, 9.17) is 32.4 Å². The quantitative estimate of drug-likeness (QED) is 0.580. The summed E-state index contributed by atoms with van der Waals surface area (Å²) in [6.45, 7) is 0.856. The van der Waals surface area contributed by atoms with Gasteiger partial charge >= 0.3 is 5.97 Å². The third-order valence-electron chi connectivity index (χ3n) is 4.78. The molecule has 0 N–H and O–H groups in total. The first-order valence-electron chi connectivity index (χ1n) is 8.34. The lowest BCUT2D eigenvalue weighted by molar-refractivity contribution is 0.0599. The number of nitrogens with zero attached hydrogens (tertiary/aromatic N) is 1. The number of halogens is 2. The Kier molecular flexibility index (Phi) is 4.58. The molecule has 138 valence electrons. The highest BCUT2D eigenvalue weighted by Gasteiger charge is 2.28. The summed E-state index contributed by atoms with van der Waals surface area (Å²) in [6, 6.07) is 8.93. The molecule has 2 heterocycles. The van der Waals surface area contributed by atoms with Crippen LogP contribution in [0.5, 0.6) is 0 Å². The van der Waals surface area contributed by atoms with E-state index in [-0.39, 0.29) is 16.5 Å². The van der Waals surface area contributed by atoms with Crippen molar-refractivity contribution in [2.45, 2.75) is 13.0 Å². The SMILES string of the molecule is COC(=O)c1c(Cl)cc2c(c1Cl)CCN(C(=O)c1ccc3ccoc3c1)C2. The molecule has 0 aliphatic carbocycles. The number of benzene rings is 2. The smallest absolute Gasteiger partial charge is 0.340 e. The van der Waals surface area contributed by atoms with Gasteiger partial charge in [-0.3, -0.25) is 4.79 Å². The van der Waals surface area contributed by atoms with E-state index in [2.05, 4.69) is 0 Å². The Hall–Kier alpha value is -2.50. The Morgan fingerprint density at radius 2 is 2.00 bits per heavy atom. The number of fused-ring (bicyclic) bond motifs is 2. The third kappa shape index (κ3) is 3.07. The minimum Gasteiger partial charge on any atom is -0.465 e. The largest absolute Gasteiger partial charge is 0.465 e. The van der Waals surface area contributed by atoms with Gasteiger partial charge in [0.15, 0.2) is 0 Å². The fraction of sp³-hybridized carbons (Fsp3) is 0.200. The maximum atomic E-state index is 12.9. The van der Waals surface area contributed by atoms with E-state index in [1.54, 1.807) is 29.4 Å². The zero-order valence-corrected chi connectivity index (χ0v) is 15.9. The van der Waals surface area contributed by atoms with Crippen LogP contribution in [0.15, 0.2) is 41.0 Å². The molecular formula is C20H15Cl2NO4. The second kappa shape index (κ2) is 6.91. The van der Waals surface area contributed by atoms with Gasteiger partial charge in [0.05, 0.1) is 29.0 Å².